The molecule has 0 saturated heterocycles. The average molecular weight is 313 g/mol. The standard InChI is InChI=1S/C23H36/c1-4-6-19-15-23(16-19)17(3)20-11-13-22(14-12-20)21-9-7-18(5-2)8-10-21/h7-10,17,19-20,22-23H,4-6,11-16H2,1-3H3. The molecule has 2 fully saturated rings. The molecule has 0 heteroatoms. The Labute approximate surface area is 144 Å². The van der Waals surface area contributed by atoms with E-state index in [1.807, 2.05) is 0 Å². The van der Waals surface area contributed by atoms with Crippen LogP contribution < -0.4 is 0 Å². The second kappa shape index (κ2) is 7.86. The molecule has 0 amide bonds. The summed E-state index contributed by atoms with van der Waals surface area (Å²) >= 11 is 0. The van der Waals surface area contributed by atoms with Crippen molar-refractivity contribution in [2.45, 2.75) is 84.5 Å². The number of hydrogen-bond acceptors (Lipinski definition) is 0. The summed E-state index contributed by atoms with van der Waals surface area (Å²) in [5.41, 5.74) is 3.07. The summed E-state index contributed by atoms with van der Waals surface area (Å²) in [6, 6.07) is 9.47. The third kappa shape index (κ3) is 4.01. The molecule has 23 heavy (non-hydrogen) atoms. The topological polar surface area (TPSA) is 0 Å². The van der Waals surface area contributed by atoms with Crippen LogP contribution in [0, 0.1) is 23.7 Å². The van der Waals surface area contributed by atoms with Gasteiger partial charge in [-0.3, -0.25) is 0 Å². The van der Waals surface area contributed by atoms with Crippen LogP contribution >= 0.6 is 0 Å². The van der Waals surface area contributed by atoms with Crippen LogP contribution in [0.5, 0.6) is 0 Å². The Bertz CT molecular complexity index is 457. The van der Waals surface area contributed by atoms with E-state index in [9.17, 15) is 0 Å². The van der Waals surface area contributed by atoms with Crippen LogP contribution in [0.25, 0.3) is 0 Å². The van der Waals surface area contributed by atoms with Gasteiger partial charge in [-0.15, -0.1) is 0 Å². The highest BCUT2D eigenvalue weighted by molar-refractivity contribution is 5.25. The fourth-order valence-electron chi connectivity index (χ4n) is 5.25. The van der Waals surface area contributed by atoms with Crippen molar-refractivity contribution in [2.24, 2.45) is 23.7 Å². The average Bonchev–Trinajstić information content (AvgIpc) is 2.57. The lowest BCUT2D eigenvalue weighted by molar-refractivity contribution is 0.0727. The molecule has 2 saturated carbocycles. The second-order valence-corrected chi connectivity index (χ2v) is 8.45. The van der Waals surface area contributed by atoms with Gasteiger partial charge in [-0.2, -0.15) is 0 Å². The molecule has 128 valence electrons. The molecule has 0 aromatic heterocycles. The first-order valence-corrected chi connectivity index (χ1v) is 10.3. The molecule has 0 heterocycles. The van der Waals surface area contributed by atoms with Gasteiger partial charge < -0.3 is 0 Å². The Morgan fingerprint density at radius 1 is 0.913 bits per heavy atom. The van der Waals surface area contributed by atoms with E-state index in [0.717, 1.165) is 36.0 Å². The lowest BCUT2D eigenvalue weighted by atomic mass is 9.62. The maximum Gasteiger partial charge on any atom is -0.0162 e. The van der Waals surface area contributed by atoms with Crippen molar-refractivity contribution in [1.29, 1.82) is 0 Å². The van der Waals surface area contributed by atoms with Crippen molar-refractivity contribution in [2.75, 3.05) is 0 Å². The van der Waals surface area contributed by atoms with Crippen LogP contribution in [-0.2, 0) is 6.42 Å². The molecule has 0 radical (unpaired) electrons. The van der Waals surface area contributed by atoms with Crippen molar-refractivity contribution in [3.8, 4) is 0 Å². The molecule has 1 unspecified atom stereocenters. The number of rotatable bonds is 6. The Balaban J connectivity index is 1.46. The largest absolute Gasteiger partial charge is 0.0654 e. The highest BCUT2D eigenvalue weighted by atomic mass is 14.4. The SMILES string of the molecule is CCCC1CC(C(C)C2CCC(c3ccc(CC)cc3)CC2)C1. The van der Waals surface area contributed by atoms with E-state index in [2.05, 4.69) is 45.0 Å². The Morgan fingerprint density at radius 3 is 2.13 bits per heavy atom. The molecular formula is C23H36. The predicted octanol–water partition coefficient (Wildman–Crippen LogP) is 6.99. The van der Waals surface area contributed by atoms with Crippen LogP contribution in [0.2, 0.25) is 0 Å². The maximum atomic E-state index is 2.56. The maximum absolute atomic E-state index is 2.56. The van der Waals surface area contributed by atoms with E-state index in [0.29, 0.717) is 0 Å². The van der Waals surface area contributed by atoms with E-state index in [4.69, 9.17) is 0 Å². The zero-order valence-electron chi connectivity index (χ0n) is 15.6. The highest BCUT2D eigenvalue weighted by Gasteiger charge is 2.37. The first kappa shape index (κ1) is 17.1. The molecule has 3 rings (SSSR count). The monoisotopic (exact) mass is 312 g/mol. The van der Waals surface area contributed by atoms with Gasteiger partial charge in [-0.1, -0.05) is 57.9 Å². The predicted molar refractivity (Wildman–Crippen MR) is 101 cm³/mol. The van der Waals surface area contributed by atoms with E-state index in [1.54, 1.807) is 5.56 Å². The van der Waals surface area contributed by atoms with Crippen molar-refractivity contribution >= 4 is 0 Å². The minimum absolute atomic E-state index is 0.832. The number of benzene rings is 1. The van der Waals surface area contributed by atoms with Crippen molar-refractivity contribution < 1.29 is 0 Å². The van der Waals surface area contributed by atoms with Gasteiger partial charge in [0.15, 0.2) is 0 Å². The third-order valence-corrected chi connectivity index (χ3v) is 7.09. The van der Waals surface area contributed by atoms with Crippen LogP contribution in [0.1, 0.15) is 89.2 Å². The highest BCUT2D eigenvalue weighted by Crippen LogP contribution is 2.48. The molecule has 2 aliphatic rings. The normalized spacial score (nSPS) is 32.3. The molecule has 2 aliphatic carbocycles. The van der Waals surface area contributed by atoms with Crippen LogP contribution in [0.3, 0.4) is 0 Å². The Hall–Kier alpha value is -0.780. The molecular weight excluding hydrogens is 276 g/mol. The molecule has 1 aromatic carbocycles. The molecule has 0 N–H and O–H groups in total. The van der Waals surface area contributed by atoms with Gasteiger partial charge in [0.2, 0.25) is 0 Å². The van der Waals surface area contributed by atoms with Gasteiger partial charge >= 0.3 is 0 Å². The fourth-order valence-corrected chi connectivity index (χ4v) is 5.25. The third-order valence-electron chi connectivity index (χ3n) is 7.09. The first-order valence-electron chi connectivity index (χ1n) is 10.3. The summed E-state index contributed by atoms with van der Waals surface area (Å²) in [6.45, 7) is 7.14. The molecule has 0 aliphatic heterocycles. The molecule has 0 nitrogen and oxygen atoms in total. The molecule has 1 aromatic rings. The molecule has 0 spiro atoms. The fraction of sp³-hybridized carbons (Fsp3) is 0.739. The summed E-state index contributed by atoms with van der Waals surface area (Å²) in [4.78, 5) is 0. The summed E-state index contributed by atoms with van der Waals surface area (Å²) in [5, 5.41) is 0. The minimum Gasteiger partial charge on any atom is -0.0654 e. The molecule has 1 atom stereocenters. The summed E-state index contributed by atoms with van der Waals surface area (Å²) in [5.74, 6) is 4.94. The smallest absolute Gasteiger partial charge is 0.0162 e. The lowest BCUT2D eigenvalue weighted by Gasteiger charge is -2.44. The van der Waals surface area contributed by atoms with E-state index in [-0.39, 0.29) is 0 Å². The van der Waals surface area contributed by atoms with Gasteiger partial charge in [-0.25, -0.2) is 0 Å². The van der Waals surface area contributed by atoms with Gasteiger partial charge in [0.25, 0.3) is 0 Å². The summed E-state index contributed by atoms with van der Waals surface area (Å²) in [7, 11) is 0. The quantitative estimate of drug-likeness (QED) is 0.531. The van der Waals surface area contributed by atoms with Gasteiger partial charge in [0, 0.05) is 0 Å². The zero-order chi connectivity index (χ0) is 16.2. The van der Waals surface area contributed by atoms with E-state index >= 15 is 0 Å². The van der Waals surface area contributed by atoms with E-state index < -0.39 is 0 Å². The minimum atomic E-state index is 0.832. The Morgan fingerprint density at radius 2 is 1.57 bits per heavy atom. The first-order chi connectivity index (χ1) is 11.2. The number of hydrogen-bond donors (Lipinski definition) is 0. The van der Waals surface area contributed by atoms with Crippen molar-refractivity contribution in [3.05, 3.63) is 35.4 Å². The summed E-state index contributed by atoms with van der Waals surface area (Å²) in [6.07, 6.45) is 12.9. The van der Waals surface area contributed by atoms with Crippen LogP contribution in [0.15, 0.2) is 24.3 Å². The van der Waals surface area contributed by atoms with Crippen molar-refractivity contribution in [3.63, 3.8) is 0 Å². The number of aryl methyl sites for hydroxylation is 1. The van der Waals surface area contributed by atoms with Gasteiger partial charge in [-0.05, 0) is 85.7 Å². The van der Waals surface area contributed by atoms with Crippen LogP contribution in [0.4, 0.5) is 0 Å². The van der Waals surface area contributed by atoms with Gasteiger partial charge in [0.1, 0.15) is 0 Å². The van der Waals surface area contributed by atoms with Crippen molar-refractivity contribution in [1.82, 2.24) is 0 Å². The van der Waals surface area contributed by atoms with Crippen LogP contribution in [-0.4, -0.2) is 0 Å². The molecule has 0 bridgehead atoms. The Kier molecular flexibility index (Phi) is 5.83. The second-order valence-electron chi connectivity index (χ2n) is 8.45. The van der Waals surface area contributed by atoms with E-state index in [1.165, 1.54) is 56.9 Å². The lowest BCUT2D eigenvalue weighted by Crippen LogP contribution is -2.34. The van der Waals surface area contributed by atoms with Gasteiger partial charge in [0.05, 0.1) is 0 Å². The zero-order valence-corrected chi connectivity index (χ0v) is 15.6. The summed E-state index contributed by atoms with van der Waals surface area (Å²) < 4.78 is 0.